The van der Waals surface area contributed by atoms with Crippen molar-refractivity contribution in [1.82, 2.24) is 4.90 Å². The van der Waals surface area contributed by atoms with Crippen LogP contribution in [0.4, 0.5) is 0 Å². The smallest absolute Gasteiger partial charge is 0.414 e. The number of hydrogen-bond donors (Lipinski definition) is 2. The first kappa shape index (κ1) is 20.4. The molecule has 0 spiro atoms. The molecule has 1 heterocycles. The summed E-state index contributed by atoms with van der Waals surface area (Å²) in [5, 5.41) is 14.8. The maximum absolute atomic E-state index is 9.10. The van der Waals surface area contributed by atoms with Crippen molar-refractivity contribution in [2.24, 2.45) is 5.92 Å². The average Bonchev–Trinajstić information content (AvgIpc) is 2.52. The van der Waals surface area contributed by atoms with E-state index in [1.807, 2.05) is 24.3 Å². The van der Waals surface area contributed by atoms with Gasteiger partial charge in [0.1, 0.15) is 5.75 Å². The lowest BCUT2D eigenvalue weighted by Crippen LogP contribution is -2.35. The van der Waals surface area contributed by atoms with E-state index in [1.165, 1.54) is 32.5 Å². The van der Waals surface area contributed by atoms with Crippen LogP contribution >= 0.6 is 15.9 Å². The summed E-state index contributed by atoms with van der Waals surface area (Å²) < 4.78 is 6.82. The summed E-state index contributed by atoms with van der Waals surface area (Å²) in [6, 6.07) is 8.05. The van der Waals surface area contributed by atoms with Crippen LogP contribution in [0.15, 0.2) is 28.7 Å². The van der Waals surface area contributed by atoms with E-state index in [2.05, 4.69) is 27.8 Å². The molecule has 1 fully saturated rings. The predicted octanol–water partition coefficient (Wildman–Crippen LogP) is 3.11. The number of benzene rings is 1. The van der Waals surface area contributed by atoms with Crippen molar-refractivity contribution >= 4 is 27.9 Å². The van der Waals surface area contributed by atoms with Crippen LogP contribution in [0.3, 0.4) is 0 Å². The molecule has 1 aromatic rings. The Bertz CT molecular complexity index is 525. The molecule has 0 saturated carbocycles. The van der Waals surface area contributed by atoms with E-state index >= 15 is 0 Å². The van der Waals surface area contributed by atoms with Gasteiger partial charge in [-0.2, -0.15) is 0 Å². The molecule has 1 aliphatic rings. The topological polar surface area (TPSA) is 87.1 Å². The van der Waals surface area contributed by atoms with Gasteiger partial charge in [-0.3, -0.25) is 0 Å². The van der Waals surface area contributed by atoms with Gasteiger partial charge in [0.25, 0.3) is 0 Å². The Balaban J connectivity index is 0.000000413. The third-order valence-electron chi connectivity index (χ3n) is 3.61. The summed E-state index contributed by atoms with van der Waals surface area (Å²) in [4.78, 5) is 20.8. The maximum atomic E-state index is 9.10. The lowest BCUT2D eigenvalue weighted by Gasteiger charge is -2.30. The average molecular weight is 402 g/mol. The minimum absolute atomic E-state index is 0.807. The molecule has 1 atom stereocenters. The zero-order valence-electron chi connectivity index (χ0n) is 13.8. The van der Waals surface area contributed by atoms with Crippen LogP contribution in [0.2, 0.25) is 0 Å². The Labute approximate surface area is 150 Å². The fraction of sp³-hybridized carbons (Fsp3) is 0.529. The molecule has 0 radical (unpaired) electrons. The highest BCUT2D eigenvalue weighted by Crippen LogP contribution is 2.18. The Kier molecular flexibility index (Phi) is 9.41. The van der Waals surface area contributed by atoms with E-state index in [-0.39, 0.29) is 0 Å². The molecule has 2 rings (SSSR count). The van der Waals surface area contributed by atoms with Gasteiger partial charge in [-0.25, -0.2) is 9.59 Å². The van der Waals surface area contributed by atoms with Crippen LogP contribution in [0.25, 0.3) is 0 Å². The van der Waals surface area contributed by atoms with Gasteiger partial charge in [0, 0.05) is 17.6 Å². The predicted molar refractivity (Wildman–Crippen MR) is 94.4 cm³/mol. The lowest BCUT2D eigenvalue weighted by atomic mass is 10.0. The zero-order valence-corrected chi connectivity index (χ0v) is 15.4. The molecule has 24 heavy (non-hydrogen) atoms. The molecule has 1 aliphatic heterocycles. The highest BCUT2D eigenvalue weighted by Gasteiger charge is 2.15. The van der Waals surface area contributed by atoms with Gasteiger partial charge >= 0.3 is 11.9 Å². The number of aliphatic carboxylic acids is 2. The van der Waals surface area contributed by atoms with E-state index in [0.29, 0.717) is 0 Å². The fourth-order valence-corrected chi connectivity index (χ4v) is 2.90. The van der Waals surface area contributed by atoms with Gasteiger partial charge in [-0.15, -0.1) is 0 Å². The first-order valence-electron chi connectivity index (χ1n) is 7.95. The monoisotopic (exact) mass is 401 g/mol. The van der Waals surface area contributed by atoms with Crippen LogP contribution in [0, 0.1) is 5.92 Å². The molecule has 1 aromatic carbocycles. The van der Waals surface area contributed by atoms with Gasteiger partial charge in [0.2, 0.25) is 0 Å². The number of carbonyl (C=O) groups is 2. The maximum Gasteiger partial charge on any atom is 0.414 e. The van der Waals surface area contributed by atoms with Crippen molar-refractivity contribution in [3.05, 3.63) is 28.7 Å². The Morgan fingerprint density at radius 3 is 2.62 bits per heavy atom. The van der Waals surface area contributed by atoms with Crippen molar-refractivity contribution in [1.29, 1.82) is 0 Å². The summed E-state index contributed by atoms with van der Waals surface area (Å²) in [5.74, 6) is -1.83. The number of hydrogen-bond acceptors (Lipinski definition) is 4. The number of carboxylic acids is 2. The molecule has 134 valence electrons. The second-order valence-corrected chi connectivity index (χ2v) is 6.73. The van der Waals surface area contributed by atoms with Gasteiger partial charge in [-0.05, 0) is 49.9 Å². The second-order valence-electron chi connectivity index (χ2n) is 5.82. The SMILES string of the molecule is CC1CCCN(CCCOc2cccc(Br)c2)C1.O=C(O)C(=O)O. The summed E-state index contributed by atoms with van der Waals surface area (Å²) in [7, 11) is 0. The Morgan fingerprint density at radius 1 is 1.33 bits per heavy atom. The number of halogens is 1. The molecule has 1 saturated heterocycles. The van der Waals surface area contributed by atoms with Gasteiger partial charge in [0.15, 0.2) is 0 Å². The highest BCUT2D eigenvalue weighted by atomic mass is 79.9. The summed E-state index contributed by atoms with van der Waals surface area (Å²) in [6.07, 6.45) is 3.86. The summed E-state index contributed by atoms with van der Waals surface area (Å²) in [6.45, 7) is 6.85. The molecular weight excluding hydrogens is 378 g/mol. The van der Waals surface area contributed by atoms with Gasteiger partial charge in [-0.1, -0.05) is 28.9 Å². The van der Waals surface area contributed by atoms with Crippen molar-refractivity contribution < 1.29 is 24.5 Å². The highest BCUT2D eigenvalue weighted by molar-refractivity contribution is 9.10. The number of nitrogens with zero attached hydrogens (tertiary/aromatic N) is 1. The normalized spacial score (nSPS) is 17.5. The van der Waals surface area contributed by atoms with E-state index in [1.54, 1.807) is 0 Å². The first-order valence-corrected chi connectivity index (χ1v) is 8.74. The van der Waals surface area contributed by atoms with Crippen LogP contribution < -0.4 is 4.74 Å². The number of carboxylic acid groups (broad SMARTS) is 2. The zero-order chi connectivity index (χ0) is 17.9. The molecule has 7 heteroatoms. The van der Waals surface area contributed by atoms with E-state index < -0.39 is 11.9 Å². The molecule has 0 aromatic heterocycles. The van der Waals surface area contributed by atoms with Gasteiger partial charge in [0.05, 0.1) is 6.61 Å². The summed E-state index contributed by atoms with van der Waals surface area (Å²) in [5.41, 5.74) is 0. The quantitative estimate of drug-likeness (QED) is 0.582. The molecule has 2 N–H and O–H groups in total. The number of likely N-dealkylation sites (tertiary alicyclic amines) is 1. The fourth-order valence-electron chi connectivity index (χ4n) is 2.52. The van der Waals surface area contributed by atoms with Crippen LogP contribution in [0.1, 0.15) is 26.2 Å². The third kappa shape index (κ3) is 8.88. The number of piperidine rings is 1. The standard InChI is InChI=1S/C15H22BrNO.C2H2O4/c1-13-5-3-8-17(12-13)9-4-10-18-15-7-2-6-14(16)11-15;3-1(4)2(5)6/h2,6-7,11,13H,3-5,8-10,12H2,1H3;(H,3,4)(H,5,6). The molecule has 0 amide bonds. The minimum Gasteiger partial charge on any atom is -0.494 e. The van der Waals surface area contributed by atoms with Crippen molar-refractivity contribution in [3.63, 3.8) is 0 Å². The number of rotatable bonds is 5. The molecule has 1 unspecified atom stereocenters. The van der Waals surface area contributed by atoms with Crippen LogP contribution in [-0.4, -0.2) is 53.3 Å². The third-order valence-corrected chi connectivity index (χ3v) is 4.10. The largest absolute Gasteiger partial charge is 0.494 e. The number of ether oxygens (including phenoxy) is 1. The lowest BCUT2D eigenvalue weighted by molar-refractivity contribution is -0.159. The van der Waals surface area contributed by atoms with E-state index in [4.69, 9.17) is 24.5 Å². The molecule has 0 aliphatic carbocycles. The Morgan fingerprint density at radius 2 is 2.04 bits per heavy atom. The second kappa shape index (κ2) is 11.0. The van der Waals surface area contributed by atoms with Crippen LogP contribution in [0.5, 0.6) is 5.75 Å². The van der Waals surface area contributed by atoms with Crippen molar-refractivity contribution in [3.8, 4) is 5.75 Å². The molecule has 0 bridgehead atoms. The minimum atomic E-state index is -1.82. The van der Waals surface area contributed by atoms with E-state index in [9.17, 15) is 0 Å². The van der Waals surface area contributed by atoms with Crippen LogP contribution in [-0.2, 0) is 9.59 Å². The molecule has 6 nitrogen and oxygen atoms in total. The van der Waals surface area contributed by atoms with Crippen molar-refractivity contribution in [2.75, 3.05) is 26.2 Å². The first-order chi connectivity index (χ1) is 11.4. The van der Waals surface area contributed by atoms with Gasteiger partial charge < -0.3 is 19.8 Å². The molecular formula is C17H24BrNO5. The summed E-state index contributed by atoms with van der Waals surface area (Å²) >= 11 is 3.45. The van der Waals surface area contributed by atoms with Crippen molar-refractivity contribution in [2.45, 2.75) is 26.2 Å². The van der Waals surface area contributed by atoms with E-state index in [0.717, 1.165) is 29.2 Å². The Hall–Kier alpha value is -1.60.